The van der Waals surface area contributed by atoms with Gasteiger partial charge < -0.3 is 15.6 Å². The Morgan fingerprint density at radius 3 is 2.48 bits per heavy atom. The van der Waals surface area contributed by atoms with Gasteiger partial charge in [0, 0.05) is 24.0 Å². The van der Waals surface area contributed by atoms with Crippen molar-refractivity contribution >= 4 is 33.4 Å². The van der Waals surface area contributed by atoms with E-state index in [2.05, 4.69) is 10.5 Å². The summed E-state index contributed by atoms with van der Waals surface area (Å²) >= 11 is 0. The third kappa shape index (κ3) is 4.58. The zero-order chi connectivity index (χ0) is 23.6. The molecule has 0 saturated heterocycles. The summed E-state index contributed by atoms with van der Waals surface area (Å²) < 4.78 is 32.3. The van der Waals surface area contributed by atoms with Crippen LogP contribution in [0.15, 0.2) is 82.5 Å². The van der Waals surface area contributed by atoms with Crippen molar-refractivity contribution in [2.45, 2.75) is 18.7 Å². The van der Waals surface area contributed by atoms with Gasteiger partial charge in [0.1, 0.15) is 5.76 Å². The van der Waals surface area contributed by atoms with Crippen LogP contribution in [0.5, 0.6) is 0 Å². The maximum absolute atomic E-state index is 13.0. The number of amides is 1. The molecule has 8 nitrogen and oxygen atoms in total. The van der Waals surface area contributed by atoms with Crippen LogP contribution in [0, 0.1) is 13.8 Å². The Morgan fingerprint density at radius 1 is 1.09 bits per heavy atom. The van der Waals surface area contributed by atoms with Crippen molar-refractivity contribution in [3.63, 3.8) is 0 Å². The maximum atomic E-state index is 13.0. The van der Waals surface area contributed by atoms with Crippen LogP contribution in [-0.2, 0) is 14.8 Å². The highest BCUT2D eigenvalue weighted by atomic mass is 32.2. The van der Waals surface area contributed by atoms with Gasteiger partial charge in [-0.15, -0.1) is 0 Å². The first-order chi connectivity index (χ1) is 15.8. The van der Waals surface area contributed by atoms with E-state index in [1.54, 1.807) is 54.6 Å². The molecule has 0 saturated carbocycles. The first-order valence-corrected chi connectivity index (χ1v) is 11.5. The van der Waals surface area contributed by atoms with Crippen LogP contribution in [0.4, 0.5) is 11.4 Å². The smallest absolute Gasteiger partial charge is 0.267 e. The number of aromatic nitrogens is 2. The molecule has 9 heteroatoms. The number of nitrogen functional groups attached to an aromatic ring is 1. The van der Waals surface area contributed by atoms with Crippen molar-refractivity contribution < 1.29 is 17.7 Å². The molecule has 4 rings (SSSR count). The number of nitrogens with two attached hydrogens (primary N) is 1. The molecule has 3 N–H and O–H groups in total. The lowest BCUT2D eigenvalue weighted by Crippen LogP contribution is -2.10. The number of benzene rings is 2. The monoisotopic (exact) mass is 462 g/mol. The van der Waals surface area contributed by atoms with E-state index >= 15 is 0 Å². The molecule has 2 aromatic carbocycles. The summed E-state index contributed by atoms with van der Waals surface area (Å²) in [6.07, 6.45) is 5.72. The molecule has 33 heavy (non-hydrogen) atoms. The Balaban J connectivity index is 1.50. The third-order valence-corrected chi connectivity index (χ3v) is 6.74. The Hall–Kier alpha value is -4.11. The molecule has 0 radical (unpaired) electrons. The summed E-state index contributed by atoms with van der Waals surface area (Å²) in [7, 11) is -3.79. The lowest BCUT2D eigenvalue weighted by atomic mass is 10.0. The van der Waals surface area contributed by atoms with Crippen LogP contribution >= 0.6 is 0 Å². The summed E-state index contributed by atoms with van der Waals surface area (Å²) in [5.41, 5.74) is 9.75. The van der Waals surface area contributed by atoms with Crippen LogP contribution in [0.25, 0.3) is 17.2 Å². The number of hydrogen-bond donors (Lipinski definition) is 2. The molecule has 1 amide bonds. The van der Waals surface area contributed by atoms with E-state index in [0.29, 0.717) is 22.7 Å². The second kappa shape index (κ2) is 8.79. The minimum atomic E-state index is -3.79. The fourth-order valence-corrected chi connectivity index (χ4v) is 4.61. The highest BCUT2D eigenvalue weighted by Crippen LogP contribution is 2.28. The zero-order valence-corrected chi connectivity index (χ0v) is 18.8. The van der Waals surface area contributed by atoms with E-state index < -0.39 is 10.0 Å². The molecular weight excluding hydrogens is 440 g/mol. The number of carbonyl (C=O) groups excluding carboxylic acids is 1. The van der Waals surface area contributed by atoms with Gasteiger partial charge in [-0.25, -0.2) is 12.4 Å². The fraction of sp³-hybridized carbons (Fsp3) is 0.0833. The molecule has 0 fully saturated rings. The molecule has 2 aromatic heterocycles. The molecule has 2 heterocycles. The van der Waals surface area contributed by atoms with Gasteiger partial charge in [0.05, 0.1) is 22.0 Å². The van der Waals surface area contributed by atoms with Gasteiger partial charge >= 0.3 is 0 Å². The predicted octanol–water partition coefficient (Wildman–Crippen LogP) is 4.23. The fourth-order valence-electron chi connectivity index (χ4n) is 3.41. The third-order valence-electron chi connectivity index (χ3n) is 5.09. The number of aryl methyl sites for hydroxylation is 2. The van der Waals surface area contributed by atoms with E-state index in [1.165, 1.54) is 24.5 Å². The number of nitrogens with zero attached hydrogens (tertiary/aromatic N) is 2. The Morgan fingerprint density at radius 2 is 1.82 bits per heavy atom. The Kier molecular flexibility index (Phi) is 5.89. The van der Waals surface area contributed by atoms with Gasteiger partial charge in [-0.1, -0.05) is 29.4 Å². The van der Waals surface area contributed by atoms with Crippen LogP contribution in [0.2, 0.25) is 0 Å². The van der Waals surface area contributed by atoms with E-state index in [-0.39, 0.29) is 10.8 Å². The highest BCUT2D eigenvalue weighted by Gasteiger charge is 2.18. The predicted molar refractivity (Wildman–Crippen MR) is 127 cm³/mol. The summed E-state index contributed by atoms with van der Waals surface area (Å²) in [6, 6.07) is 15.1. The first-order valence-electron chi connectivity index (χ1n) is 10.1. The van der Waals surface area contributed by atoms with E-state index in [4.69, 9.17) is 10.3 Å². The van der Waals surface area contributed by atoms with Crippen molar-refractivity contribution in [3.05, 3.63) is 90.1 Å². The lowest BCUT2D eigenvalue weighted by Gasteiger charge is -2.07. The van der Waals surface area contributed by atoms with Crippen molar-refractivity contribution in [1.29, 1.82) is 0 Å². The van der Waals surface area contributed by atoms with Gasteiger partial charge in [-0.3, -0.25) is 4.79 Å². The number of hydrogen-bond acceptors (Lipinski definition) is 6. The van der Waals surface area contributed by atoms with Gasteiger partial charge in [-0.05, 0) is 61.4 Å². The molecule has 0 aliphatic carbocycles. The molecule has 168 valence electrons. The molecule has 0 unspecified atom stereocenters. The summed E-state index contributed by atoms with van der Waals surface area (Å²) in [4.78, 5) is 12.3. The second-order valence-electron chi connectivity index (χ2n) is 7.41. The number of carbonyl (C=O) groups is 1. The van der Waals surface area contributed by atoms with Crippen LogP contribution in [0.1, 0.15) is 17.0 Å². The first kappa shape index (κ1) is 22.1. The average Bonchev–Trinajstić information content (AvgIpc) is 3.41. The molecule has 0 bridgehead atoms. The summed E-state index contributed by atoms with van der Waals surface area (Å²) in [6.45, 7) is 3.64. The topological polar surface area (TPSA) is 120 Å². The SMILES string of the molecule is Cc1noc(C)c1-c1ccc(S(=O)(=O)n2ccc(/C=C/C(=O)Nc3ccccc3N)c2)cc1. The quantitative estimate of drug-likeness (QED) is 0.327. The van der Waals surface area contributed by atoms with Crippen molar-refractivity contribution in [3.8, 4) is 11.1 Å². The van der Waals surface area contributed by atoms with Crippen LogP contribution in [-0.4, -0.2) is 23.5 Å². The highest BCUT2D eigenvalue weighted by molar-refractivity contribution is 7.90. The number of anilines is 2. The Labute approximate surface area is 191 Å². The molecule has 0 aliphatic heterocycles. The van der Waals surface area contributed by atoms with Crippen LogP contribution in [0.3, 0.4) is 0 Å². The summed E-state index contributed by atoms with van der Waals surface area (Å²) in [5, 5.41) is 6.61. The summed E-state index contributed by atoms with van der Waals surface area (Å²) in [5.74, 6) is 0.294. The maximum Gasteiger partial charge on any atom is 0.267 e. The van der Waals surface area contributed by atoms with Gasteiger partial charge in [0.15, 0.2) is 0 Å². The average molecular weight is 463 g/mol. The van der Waals surface area contributed by atoms with Crippen molar-refractivity contribution in [2.24, 2.45) is 0 Å². The van der Waals surface area contributed by atoms with Gasteiger partial charge in [-0.2, -0.15) is 0 Å². The van der Waals surface area contributed by atoms with Gasteiger partial charge in [0.2, 0.25) is 5.91 Å². The zero-order valence-electron chi connectivity index (χ0n) is 18.0. The normalized spacial score (nSPS) is 11.7. The van der Waals surface area contributed by atoms with E-state index in [1.807, 2.05) is 13.8 Å². The second-order valence-corrected chi connectivity index (χ2v) is 9.26. The van der Waals surface area contributed by atoms with Crippen molar-refractivity contribution in [2.75, 3.05) is 11.1 Å². The molecule has 4 aromatic rings. The van der Waals surface area contributed by atoms with Crippen molar-refractivity contribution in [1.82, 2.24) is 9.13 Å². The number of nitrogens with one attached hydrogen (secondary N) is 1. The van der Waals surface area contributed by atoms with E-state index in [0.717, 1.165) is 20.8 Å². The molecule has 0 atom stereocenters. The Bertz CT molecular complexity index is 1430. The molecule has 0 spiro atoms. The standard InChI is InChI=1S/C24H22N4O4S/c1-16-24(17(2)32-27-16)19-8-10-20(11-9-19)33(30,31)28-14-13-18(15-28)7-12-23(29)26-22-6-4-3-5-21(22)25/h3-15H,25H2,1-2H3,(H,26,29)/b12-7+. The largest absolute Gasteiger partial charge is 0.397 e. The minimum Gasteiger partial charge on any atom is -0.397 e. The molecule has 0 aliphatic rings. The number of para-hydroxylation sites is 2. The minimum absolute atomic E-state index is 0.140. The number of rotatable bonds is 6. The lowest BCUT2D eigenvalue weighted by molar-refractivity contribution is -0.111. The molecular formula is C24H22N4O4S. The van der Waals surface area contributed by atoms with Gasteiger partial charge in [0.25, 0.3) is 10.0 Å². The van der Waals surface area contributed by atoms with Crippen LogP contribution < -0.4 is 11.1 Å². The van der Waals surface area contributed by atoms with E-state index in [9.17, 15) is 13.2 Å².